The van der Waals surface area contributed by atoms with E-state index in [0.717, 1.165) is 22.7 Å². The number of rotatable bonds is 5. The molecule has 0 saturated heterocycles. The summed E-state index contributed by atoms with van der Waals surface area (Å²) in [7, 11) is 1.83. The van der Waals surface area contributed by atoms with Crippen LogP contribution in [0.2, 0.25) is 5.02 Å². The zero-order valence-corrected chi connectivity index (χ0v) is 12.7. The molecule has 0 radical (unpaired) electrons. The third-order valence-corrected chi connectivity index (χ3v) is 3.69. The average molecular weight is 295 g/mol. The van der Waals surface area contributed by atoms with E-state index in [1.54, 1.807) is 4.68 Å². The number of benzene rings is 1. The van der Waals surface area contributed by atoms with Crippen LogP contribution < -0.4 is 4.74 Å². The summed E-state index contributed by atoms with van der Waals surface area (Å²) in [6.45, 7) is 4.39. The van der Waals surface area contributed by atoms with E-state index in [-0.39, 0.29) is 0 Å². The largest absolute Gasteiger partial charge is 0.494 e. The molecule has 0 spiro atoms. The van der Waals surface area contributed by atoms with Crippen LogP contribution in [-0.2, 0) is 13.5 Å². The first-order valence-corrected chi connectivity index (χ1v) is 6.99. The molecular formula is C15H19ClN2O2. The van der Waals surface area contributed by atoms with Crippen molar-refractivity contribution in [3.63, 3.8) is 0 Å². The maximum atomic E-state index is 10.4. The topological polar surface area (TPSA) is 47.3 Å². The van der Waals surface area contributed by atoms with E-state index in [1.807, 2.05) is 45.2 Å². The molecule has 4 nitrogen and oxygen atoms in total. The number of nitrogens with zero attached hydrogens (tertiary/aromatic N) is 2. The van der Waals surface area contributed by atoms with Gasteiger partial charge in [0.1, 0.15) is 5.75 Å². The number of halogens is 1. The van der Waals surface area contributed by atoms with Gasteiger partial charge in [-0.1, -0.05) is 23.7 Å². The highest BCUT2D eigenvalue weighted by Gasteiger charge is 2.17. The Bertz CT molecular complexity index is 596. The summed E-state index contributed by atoms with van der Waals surface area (Å²) >= 11 is 6.21. The Hall–Kier alpha value is -1.52. The number of hydrogen-bond donors (Lipinski definition) is 1. The second kappa shape index (κ2) is 6.29. The van der Waals surface area contributed by atoms with Crippen molar-refractivity contribution in [1.82, 2.24) is 9.78 Å². The van der Waals surface area contributed by atoms with Crippen LogP contribution in [-0.4, -0.2) is 21.5 Å². The molecule has 1 heterocycles. The lowest BCUT2D eigenvalue weighted by atomic mass is 10.0. The third-order valence-electron chi connectivity index (χ3n) is 3.20. The van der Waals surface area contributed by atoms with Crippen LogP contribution in [0.15, 0.2) is 24.3 Å². The fraction of sp³-hybridized carbons (Fsp3) is 0.400. The fourth-order valence-electron chi connectivity index (χ4n) is 2.18. The van der Waals surface area contributed by atoms with E-state index < -0.39 is 6.10 Å². The fourth-order valence-corrected chi connectivity index (χ4v) is 2.42. The van der Waals surface area contributed by atoms with Gasteiger partial charge in [0.2, 0.25) is 0 Å². The maximum Gasteiger partial charge on any atom is 0.119 e. The highest BCUT2D eigenvalue weighted by molar-refractivity contribution is 6.31. The van der Waals surface area contributed by atoms with Crippen molar-refractivity contribution >= 4 is 11.6 Å². The molecule has 108 valence electrons. The van der Waals surface area contributed by atoms with E-state index in [4.69, 9.17) is 16.3 Å². The first-order valence-electron chi connectivity index (χ1n) is 6.61. The van der Waals surface area contributed by atoms with Crippen LogP contribution >= 0.6 is 11.6 Å². The summed E-state index contributed by atoms with van der Waals surface area (Å²) in [5, 5.41) is 15.2. The highest BCUT2D eigenvalue weighted by atomic mass is 35.5. The Morgan fingerprint density at radius 3 is 2.80 bits per heavy atom. The first kappa shape index (κ1) is 14.9. The normalized spacial score (nSPS) is 12.4. The molecule has 20 heavy (non-hydrogen) atoms. The number of aryl methyl sites for hydroxylation is 2. The van der Waals surface area contributed by atoms with Crippen LogP contribution in [0.5, 0.6) is 5.75 Å². The van der Waals surface area contributed by atoms with Crippen LogP contribution in [0, 0.1) is 6.92 Å². The van der Waals surface area contributed by atoms with Crippen LogP contribution in [0.25, 0.3) is 0 Å². The Balaban J connectivity index is 2.19. The summed E-state index contributed by atoms with van der Waals surface area (Å²) in [6.07, 6.45) is -0.214. The number of aliphatic hydroxyl groups excluding tert-OH is 1. The number of ether oxygens (including phenoxy) is 1. The van der Waals surface area contributed by atoms with Gasteiger partial charge >= 0.3 is 0 Å². The summed E-state index contributed by atoms with van der Waals surface area (Å²) in [4.78, 5) is 0. The van der Waals surface area contributed by atoms with E-state index in [1.165, 1.54) is 0 Å². The van der Waals surface area contributed by atoms with E-state index in [9.17, 15) is 5.11 Å². The van der Waals surface area contributed by atoms with E-state index >= 15 is 0 Å². The minimum Gasteiger partial charge on any atom is -0.494 e. The molecule has 2 rings (SSSR count). The lowest BCUT2D eigenvalue weighted by Crippen LogP contribution is -2.07. The first-order chi connectivity index (χ1) is 9.52. The van der Waals surface area contributed by atoms with E-state index in [2.05, 4.69) is 5.10 Å². The molecule has 0 aliphatic heterocycles. The minimum atomic E-state index is -0.636. The zero-order chi connectivity index (χ0) is 14.7. The second-order valence-electron chi connectivity index (χ2n) is 4.70. The van der Waals surface area contributed by atoms with Crippen molar-refractivity contribution in [2.24, 2.45) is 7.05 Å². The molecule has 1 aromatic carbocycles. The van der Waals surface area contributed by atoms with Gasteiger partial charge in [0.25, 0.3) is 0 Å². The monoisotopic (exact) mass is 294 g/mol. The molecule has 0 fully saturated rings. The molecule has 0 amide bonds. The predicted octanol–water partition coefficient (Wildman–Crippen LogP) is 3.06. The Kier molecular flexibility index (Phi) is 4.68. The predicted molar refractivity (Wildman–Crippen MR) is 79.2 cm³/mol. The highest BCUT2D eigenvalue weighted by Crippen LogP contribution is 2.27. The lowest BCUT2D eigenvalue weighted by Gasteiger charge is -2.13. The van der Waals surface area contributed by atoms with Crippen molar-refractivity contribution in [3.05, 3.63) is 46.2 Å². The Morgan fingerprint density at radius 2 is 2.20 bits per heavy atom. The SMILES string of the molecule is CCOc1cccc(C(O)Cc2c(Cl)c(C)nn2C)c1. The molecule has 0 bridgehead atoms. The smallest absolute Gasteiger partial charge is 0.119 e. The molecule has 1 aromatic heterocycles. The molecule has 0 aliphatic rings. The Morgan fingerprint density at radius 1 is 1.45 bits per heavy atom. The van der Waals surface area contributed by atoms with Gasteiger partial charge in [-0.3, -0.25) is 4.68 Å². The van der Waals surface area contributed by atoms with Crippen molar-refractivity contribution in [3.8, 4) is 5.75 Å². The summed E-state index contributed by atoms with van der Waals surface area (Å²) in [5.74, 6) is 0.760. The molecule has 1 unspecified atom stereocenters. The van der Waals surface area contributed by atoms with Gasteiger partial charge in [0.15, 0.2) is 0 Å². The molecule has 5 heteroatoms. The standard InChI is InChI=1S/C15H19ClN2O2/c1-4-20-12-7-5-6-11(8-12)14(19)9-13-15(16)10(2)17-18(13)3/h5-8,14,19H,4,9H2,1-3H3. The van der Waals surface area contributed by atoms with Crippen LogP contribution in [0.1, 0.15) is 30.0 Å². The van der Waals surface area contributed by atoms with Crippen molar-refractivity contribution in [1.29, 1.82) is 0 Å². The molecular weight excluding hydrogens is 276 g/mol. The quantitative estimate of drug-likeness (QED) is 0.922. The van der Waals surface area contributed by atoms with Gasteiger partial charge in [-0.25, -0.2) is 0 Å². The molecule has 0 aliphatic carbocycles. The zero-order valence-electron chi connectivity index (χ0n) is 11.9. The van der Waals surface area contributed by atoms with Gasteiger partial charge in [0, 0.05) is 13.5 Å². The lowest BCUT2D eigenvalue weighted by molar-refractivity contribution is 0.175. The van der Waals surface area contributed by atoms with Gasteiger partial charge in [0.05, 0.1) is 29.1 Å². The molecule has 0 saturated carbocycles. The van der Waals surface area contributed by atoms with Gasteiger partial charge in [-0.2, -0.15) is 5.10 Å². The van der Waals surface area contributed by atoms with Crippen molar-refractivity contribution in [2.75, 3.05) is 6.61 Å². The molecule has 1 N–H and O–H groups in total. The molecule has 2 aromatic rings. The summed E-state index contributed by atoms with van der Waals surface area (Å²) in [6, 6.07) is 7.48. The van der Waals surface area contributed by atoms with Gasteiger partial charge in [-0.05, 0) is 31.5 Å². The number of hydrogen-bond acceptors (Lipinski definition) is 3. The average Bonchev–Trinajstić information content (AvgIpc) is 2.66. The summed E-state index contributed by atoms with van der Waals surface area (Å²) < 4.78 is 7.16. The third kappa shape index (κ3) is 3.14. The van der Waals surface area contributed by atoms with Crippen molar-refractivity contribution < 1.29 is 9.84 Å². The number of aromatic nitrogens is 2. The summed E-state index contributed by atoms with van der Waals surface area (Å²) in [5.41, 5.74) is 2.42. The minimum absolute atomic E-state index is 0.422. The van der Waals surface area contributed by atoms with Gasteiger partial charge < -0.3 is 9.84 Å². The number of aliphatic hydroxyl groups is 1. The van der Waals surface area contributed by atoms with E-state index in [0.29, 0.717) is 18.1 Å². The van der Waals surface area contributed by atoms with Crippen molar-refractivity contribution in [2.45, 2.75) is 26.4 Å². The van der Waals surface area contributed by atoms with Crippen LogP contribution in [0.3, 0.4) is 0 Å². The maximum absolute atomic E-state index is 10.4. The molecule has 1 atom stereocenters. The van der Waals surface area contributed by atoms with Crippen LogP contribution in [0.4, 0.5) is 0 Å². The second-order valence-corrected chi connectivity index (χ2v) is 5.07. The van der Waals surface area contributed by atoms with Gasteiger partial charge in [-0.15, -0.1) is 0 Å². The Labute approximate surface area is 123 Å².